The number of aryl methyl sites for hydroxylation is 1. The van der Waals surface area contributed by atoms with Crippen LogP contribution in [-0.4, -0.2) is 48.9 Å². The highest BCUT2D eigenvalue weighted by molar-refractivity contribution is 7.91. The number of aromatic nitrogens is 2. The van der Waals surface area contributed by atoms with Gasteiger partial charge >= 0.3 is 0 Å². The van der Waals surface area contributed by atoms with Gasteiger partial charge in [-0.15, -0.1) is 0 Å². The third-order valence-electron chi connectivity index (χ3n) is 4.23. The number of sulfone groups is 1. The van der Waals surface area contributed by atoms with Gasteiger partial charge in [-0.2, -0.15) is 0 Å². The van der Waals surface area contributed by atoms with E-state index in [-0.39, 0.29) is 29.2 Å². The van der Waals surface area contributed by atoms with E-state index in [4.69, 9.17) is 0 Å². The lowest BCUT2D eigenvalue weighted by atomic mass is 10.2. The molecule has 1 saturated heterocycles. The number of amides is 1. The van der Waals surface area contributed by atoms with Gasteiger partial charge in [-0.3, -0.25) is 4.79 Å². The molecule has 0 aliphatic carbocycles. The average molecular weight is 378 g/mol. The van der Waals surface area contributed by atoms with E-state index in [2.05, 4.69) is 15.3 Å². The molecule has 1 aliphatic heterocycles. The highest BCUT2D eigenvalue weighted by Gasteiger charge is 2.32. The molecule has 9 heteroatoms. The second kappa shape index (κ2) is 6.99. The van der Waals surface area contributed by atoms with Gasteiger partial charge in [0.05, 0.1) is 11.5 Å². The Kier molecular flexibility index (Phi) is 4.90. The fourth-order valence-corrected chi connectivity index (χ4v) is 4.61. The van der Waals surface area contributed by atoms with Crippen molar-refractivity contribution in [3.8, 4) is 0 Å². The van der Waals surface area contributed by atoms with Gasteiger partial charge in [0.25, 0.3) is 5.91 Å². The molecular weight excluding hydrogens is 359 g/mol. The van der Waals surface area contributed by atoms with Crippen LogP contribution in [0.5, 0.6) is 0 Å². The van der Waals surface area contributed by atoms with Gasteiger partial charge in [0.1, 0.15) is 11.5 Å². The van der Waals surface area contributed by atoms with Gasteiger partial charge in [-0.05, 0) is 37.6 Å². The lowest BCUT2D eigenvalue weighted by molar-refractivity contribution is 0.102. The zero-order valence-corrected chi connectivity index (χ0v) is 15.3. The van der Waals surface area contributed by atoms with Gasteiger partial charge < -0.3 is 10.2 Å². The molecule has 3 rings (SSSR count). The molecule has 1 atom stereocenters. The molecule has 1 fully saturated rings. The van der Waals surface area contributed by atoms with Crippen LogP contribution in [0, 0.1) is 12.7 Å². The summed E-state index contributed by atoms with van der Waals surface area (Å²) in [7, 11) is -1.33. The molecule has 0 spiro atoms. The number of halogens is 1. The number of hydrogen-bond acceptors (Lipinski definition) is 6. The van der Waals surface area contributed by atoms with E-state index in [1.54, 1.807) is 24.9 Å². The summed E-state index contributed by atoms with van der Waals surface area (Å²) in [5.41, 5.74) is 1.03. The predicted octanol–water partition coefficient (Wildman–Crippen LogP) is 1.80. The number of nitrogens with one attached hydrogen (secondary N) is 1. The van der Waals surface area contributed by atoms with Crippen molar-refractivity contribution < 1.29 is 17.6 Å². The van der Waals surface area contributed by atoms with Crippen molar-refractivity contribution in [1.82, 2.24) is 9.97 Å². The van der Waals surface area contributed by atoms with Gasteiger partial charge in [0, 0.05) is 24.5 Å². The van der Waals surface area contributed by atoms with E-state index in [1.165, 1.54) is 24.3 Å². The summed E-state index contributed by atoms with van der Waals surface area (Å²) in [6, 6.07) is 6.87. The molecule has 2 aromatic rings. The fraction of sp³-hybridized carbons (Fsp3) is 0.353. The molecule has 1 aromatic heterocycles. The minimum absolute atomic E-state index is 0.0472. The lowest BCUT2D eigenvalue weighted by Gasteiger charge is -2.23. The summed E-state index contributed by atoms with van der Waals surface area (Å²) < 4.78 is 36.6. The van der Waals surface area contributed by atoms with E-state index < -0.39 is 21.6 Å². The summed E-state index contributed by atoms with van der Waals surface area (Å²) in [5, 5.41) is 2.59. The Morgan fingerprint density at radius 1 is 1.31 bits per heavy atom. The maximum absolute atomic E-state index is 13.3. The highest BCUT2D eigenvalue weighted by Crippen LogP contribution is 2.21. The molecule has 138 valence electrons. The summed E-state index contributed by atoms with van der Waals surface area (Å²) in [6.07, 6.45) is 0.501. The molecule has 1 unspecified atom stereocenters. The van der Waals surface area contributed by atoms with E-state index in [1.807, 2.05) is 0 Å². The molecule has 0 bridgehead atoms. The first-order chi connectivity index (χ1) is 12.2. The summed E-state index contributed by atoms with van der Waals surface area (Å²) in [5.74, 6) is -0.470. The second-order valence-electron chi connectivity index (χ2n) is 6.33. The Bertz CT molecular complexity index is 949. The smallest absolute Gasteiger partial charge is 0.274 e. The molecule has 1 aliphatic rings. The van der Waals surface area contributed by atoms with Crippen molar-refractivity contribution in [2.75, 3.05) is 28.8 Å². The van der Waals surface area contributed by atoms with Crippen LogP contribution in [0.25, 0.3) is 0 Å². The van der Waals surface area contributed by atoms with Crippen LogP contribution in [0.15, 0.2) is 30.3 Å². The maximum atomic E-state index is 13.3. The standard InChI is InChI=1S/C17H19FN4O3S/c1-11-8-15(16(23)20-13-5-3-4-12(18)9-13)21-17(19-11)22(2)14-6-7-26(24,25)10-14/h3-5,8-9,14H,6-7,10H2,1-2H3,(H,20,23). The Balaban J connectivity index is 1.82. The highest BCUT2D eigenvalue weighted by atomic mass is 32.2. The van der Waals surface area contributed by atoms with Crippen molar-refractivity contribution in [2.24, 2.45) is 0 Å². The second-order valence-corrected chi connectivity index (χ2v) is 8.56. The summed E-state index contributed by atoms with van der Waals surface area (Å²) >= 11 is 0. The maximum Gasteiger partial charge on any atom is 0.274 e. The molecule has 1 amide bonds. The van der Waals surface area contributed by atoms with Crippen LogP contribution < -0.4 is 10.2 Å². The normalized spacial score (nSPS) is 18.5. The molecule has 26 heavy (non-hydrogen) atoms. The third kappa shape index (κ3) is 4.16. The first-order valence-corrected chi connectivity index (χ1v) is 9.91. The number of carbonyl (C=O) groups is 1. The number of anilines is 2. The number of hydrogen-bond donors (Lipinski definition) is 1. The van der Waals surface area contributed by atoms with Gasteiger partial charge in [-0.1, -0.05) is 6.07 Å². The zero-order valence-electron chi connectivity index (χ0n) is 14.4. The van der Waals surface area contributed by atoms with Crippen LogP contribution in [0.4, 0.5) is 16.0 Å². The molecular formula is C17H19FN4O3S. The first kappa shape index (κ1) is 18.2. The minimum atomic E-state index is -3.04. The number of nitrogens with zero attached hydrogens (tertiary/aromatic N) is 3. The monoisotopic (exact) mass is 378 g/mol. The van der Waals surface area contributed by atoms with Crippen molar-refractivity contribution in [1.29, 1.82) is 0 Å². The van der Waals surface area contributed by atoms with Crippen LogP contribution >= 0.6 is 0 Å². The van der Waals surface area contributed by atoms with Gasteiger partial charge in [-0.25, -0.2) is 22.8 Å². The topological polar surface area (TPSA) is 92.3 Å². The lowest BCUT2D eigenvalue weighted by Crippen LogP contribution is -2.34. The van der Waals surface area contributed by atoms with Crippen molar-refractivity contribution >= 4 is 27.4 Å². The average Bonchev–Trinajstić information content (AvgIpc) is 2.93. The van der Waals surface area contributed by atoms with Crippen molar-refractivity contribution in [3.63, 3.8) is 0 Å². The third-order valence-corrected chi connectivity index (χ3v) is 5.98. The first-order valence-electron chi connectivity index (χ1n) is 8.09. The molecule has 1 aromatic carbocycles. The number of carbonyl (C=O) groups excluding carboxylic acids is 1. The Labute approximate surface area is 151 Å². The van der Waals surface area contributed by atoms with Gasteiger partial charge in [0.2, 0.25) is 5.95 Å². The SMILES string of the molecule is Cc1cc(C(=O)Nc2cccc(F)c2)nc(N(C)C2CCS(=O)(=O)C2)n1. The van der Waals surface area contributed by atoms with E-state index >= 15 is 0 Å². The Hall–Kier alpha value is -2.55. The van der Waals surface area contributed by atoms with Crippen molar-refractivity contribution in [2.45, 2.75) is 19.4 Å². The van der Waals surface area contributed by atoms with Crippen molar-refractivity contribution in [3.05, 3.63) is 47.5 Å². The Morgan fingerprint density at radius 2 is 2.08 bits per heavy atom. The molecule has 7 nitrogen and oxygen atoms in total. The van der Waals surface area contributed by atoms with E-state index in [0.29, 0.717) is 17.8 Å². The largest absolute Gasteiger partial charge is 0.340 e. The van der Waals surface area contributed by atoms with Gasteiger partial charge in [0.15, 0.2) is 9.84 Å². The summed E-state index contributed by atoms with van der Waals surface area (Å²) in [6.45, 7) is 1.73. The van der Waals surface area contributed by atoms with Crippen LogP contribution in [0.2, 0.25) is 0 Å². The number of rotatable bonds is 4. The summed E-state index contributed by atoms with van der Waals surface area (Å²) in [4.78, 5) is 22.7. The quantitative estimate of drug-likeness (QED) is 0.872. The van der Waals surface area contributed by atoms with E-state index in [9.17, 15) is 17.6 Å². The molecule has 1 N–H and O–H groups in total. The fourth-order valence-electron chi connectivity index (χ4n) is 2.83. The minimum Gasteiger partial charge on any atom is -0.340 e. The molecule has 2 heterocycles. The zero-order chi connectivity index (χ0) is 18.9. The predicted molar refractivity (Wildman–Crippen MR) is 96.6 cm³/mol. The van der Waals surface area contributed by atoms with Crippen LogP contribution in [-0.2, 0) is 9.84 Å². The number of benzene rings is 1. The molecule has 0 saturated carbocycles. The molecule has 0 radical (unpaired) electrons. The van der Waals surface area contributed by atoms with Crippen LogP contribution in [0.1, 0.15) is 22.6 Å². The Morgan fingerprint density at radius 3 is 2.73 bits per heavy atom. The van der Waals surface area contributed by atoms with Crippen LogP contribution in [0.3, 0.4) is 0 Å². The van der Waals surface area contributed by atoms with E-state index in [0.717, 1.165) is 0 Å².